The molecular formula is C16H19N3O2. The quantitative estimate of drug-likeness (QED) is 0.937. The molecule has 1 heterocycles. The van der Waals surface area contributed by atoms with Crippen molar-refractivity contribution in [3.8, 4) is 5.88 Å². The molecule has 0 unspecified atom stereocenters. The Bertz CT molecular complexity index is 606. The maximum absolute atomic E-state index is 12.0. The molecule has 2 rings (SSSR count). The van der Waals surface area contributed by atoms with E-state index < -0.39 is 0 Å². The first-order chi connectivity index (χ1) is 9.94. The molecule has 0 bridgehead atoms. The van der Waals surface area contributed by atoms with E-state index in [1.54, 1.807) is 6.07 Å². The van der Waals surface area contributed by atoms with Gasteiger partial charge >= 0.3 is 0 Å². The number of nitrogens with one attached hydrogen (secondary N) is 1. The van der Waals surface area contributed by atoms with Crippen molar-refractivity contribution in [3.05, 3.63) is 54.0 Å². The zero-order valence-electron chi connectivity index (χ0n) is 12.5. The summed E-state index contributed by atoms with van der Waals surface area (Å²) in [5.74, 6) is 0.141. The van der Waals surface area contributed by atoms with Gasteiger partial charge in [-0.1, -0.05) is 30.3 Å². The second kappa shape index (κ2) is 6.35. The van der Waals surface area contributed by atoms with Crippen molar-refractivity contribution < 1.29 is 9.53 Å². The number of ether oxygens (including phenoxy) is 1. The maximum atomic E-state index is 12.0. The zero-order chi connectivity index (χ0) is 15.3. The molecule has 0 spiro atoms. The molecule has 0 aliphatic carbocycles. The van der Waals surface area contributed by atoms with Crippen LogP contribution in [0, 0.1) is 0 Å². The average molecular weight is 285 g/mol. The van der Waals surface area contributed by atoms with E-state index in [9.17, 15) is 4.79 Å². The van der Waals surface area contributed by atoms with E-state index in [0.717, 1.165) is 5.56 Å². The lowest BCUT2D eigenvalue weighted by Crippen LogP contribution is -2.40. The minimum atomic E-state index is -0.312. The minimum Gasteiger partial charge on any atom is -0.473 e. The van der Waals surface area contributed by atoms with Gasteiger partial charge in [-0.15, -0.1) is 0 Å². The summed E-state index contributed by atoms with van der Waals surface area (Å²) in [6.45, 7) is 6.15. The summed E-state index contributed by atoms with van der Waals surface area (Å²) in [6, 6.07) is 11.3. The average Bonchev–Trinajstić information content (AvgIpc) is 2.45. The van der Waals surface area contributed by atoms with Crippen LogP contribution in [0.1, 0.15) is 36.8 Å². The zero-order valence-corrected chi connectivity index (χ0v) is 12.5. The number of amides is 1. The van der Waals surface area contributed by atoms with Crippen LogP contribution in [-0.4, -0.2) is 21.4 Å². The van der Waals surface area contributed by atoms with Gasteiger partial charge in [0.1, 0.15) is 18.6 Å². The van der Waals surface area contributed by atoms with Crippen LogP contribution in [0.25, 0.3) is 0 Å². The number of aromatic nitrogens is 2. The number of nitrogens with zero attached hydrogens (tertiary/aromatic N) is 2. The van der Waals surface area contributed by atoms with Crippen LogP contribution in [0.3, 0.4) is 0 Å². The Hall–Kier alpha value is -2.43. The van der Waals surface area contributed by atoms with Crippen LogP contribution in [-0.2, 0) is 6.61 Å². The van der Waals surface area contributed by atoms with Crippen molar-refractivity contribution >= 4 is 5.91 Å². The Labute approximate surface area is 124 Å². The van der Waals surface area contributed by atoms with Crippen LogP contribution in [0.4, 0.5) is 0 Å². The molecule has 0 fully saturated rings. The summed E-state index contributed by atoms with van der Waals surface area (Å²) in [7, 11) is 0. The first-order valence-corrected chi connectivity index (χ1v) is 6.75. The SMILES string of the molecule is CC(C)(C)NC(=O)c1cc(OCc2ccccc2)ncn1. The Kier molecular flexibility index (Phi) is 4.52. The molecular weight excluding hydrogens is 266 g/mol. The topological polar surface area (TPSA) is 64.1 Å². The third kappa shape index (κ3) is 4.87. The largest absolute Gasteiger partial charge is 0.473 e. The molecule has 2 aromatic rings. The first kappa shape index (κ1) is 15.0. The van der Waals surface area contributed by atoms with Gasteiger partial charge in [0.15, 0.2) is 0 Å². The third-order valence-corrected chi connectivity index (χ3v) is 2.59. The van der Waals surface area contributed by atoms with Crippen LogP contribution in [0.15, 0.2) is 42.7 Å². The van der Waals surface area contributed by atoms with E-state index in [1.165, 1.54) is 6.33 Å². The number of hydrogen-bond donors (Lipinski definition) is 1. The highest BCUT2D eigenvalue weighted by Gasteiger charge is 2.17. The molecule has 0 radical (unpaired) electrons. The number of hydrogen-bond acceptors (Lipinski definition) is 4. The Morgan fingerprint density at radius 2 is 1.90 bits per heavy atom. The van der Waals surface area contributed by atoms with Crippen LogP contribution in [0.5, 0.6) is 5.88 Å². The van der Waals surface area contributed by atoms with Gasteiger partial charge in [-0.25, -0.2) is 9.97 Å². The number of carbonyl (C=O) groups is 1. The molecule has 0 aliphatic heterocycles. The summed E-state index contributed by atoms with van der Waals surface area (Å²) in [6.07, 6.45) is 1.33. The van der Waals surface area contributed by atoms with E-state index in [4.69, 9.17) is 4.74 Å². The van der Waals surface area contributed by atoms with E-state index in [0.29, 0.717) is 18.2 Å². The molecule has 1 aromatic carbocycles. The lowest BCUT2D eigenvalue weighted by atomic mass is 10.1. The summed E-state index contributed by atoms with van der Waals surface area (Å²) in [5.41, 5.74) is 1.02. The molecule has 0 saturated carbocycles. The van der Waals surface area contributed by atoms with Crippen molar-refractivity contribution in [3.63, 3.8) is 0 Å². The second-order valence-electron chi connectivity index (χ2n) is 5.72. The summed E-state index contributed by atoms with van der Waals surface area (Å²) < 4.78 is 5.58. The van der Waals surface area contributed by atoms with Crippen LogP contribution < -0.4 is 10.1 Å². The third-order valence-electron chi connectivity index (χ3n) is 2.59. The van der Waals surface area contributed by atoms with Gasteiger partial charge in [-0.05, 0) is 26.3 Å². The molecule has 5 nitrogen and oxygen atoms in total. The number of benzene rings is 1. The van der Waals surface area contributed by atoms with Gasteiger partial charge in [-0.3, -0.25) is 4.79 Å². The first-order valence-electron chi connectivity index (χ1n) is 6.75. The van der Waals surface area contributed by atoms with E-state index in [-0.39, 0.29) is 11.4 Å². The van der Waals surface area contributed by atoms with E-state index in [2.05, 4.69) is 15.3 Å². The number of carbonyl (C=O) groups excluding carboxylic acids is 1. The highest BCUT2D eigenvalue weighted by molar-refractivity contribution is 5.92. The van der Waals surface area contributed by atoms with E-state index in [1.807, 2.05) is 51.1 Å². The highest BCUT2D eigenvalue weighted by Crippen LogP contribution is 2.11. The molecule has 1 amide bonds. The monoisotopic (exact) mass is 285 g/mol. The molecule has 0 aliphatic rings. The predicted octanol–water partition coefficient (Wildman–Crippen LogP) is 2.58. The molecule has 110 valence electrons. The standard InChI is InChI=1S/C16H19N3O2/c1-16(2,3)19-15(20)13-9-14(18-11-17-13)21-10-12-7-5-4-6-8-12/h4-9,11H,10H2,1-3H3,(H,19,20). The lowest BCUT2D eigenvalue weighted by Gasteiger charge is -2.20. The summed E-state index contributed by atoms with van der Waals surface area (Å²) >= 11 is 0. The van der Waals surface area contributed by atoms with Crippen molar-refractivity contribution in [2.24, 2.45) is 0 Å². The van der Waals surface area contributed by atoms with Gasteiger partial charge in [0.25, 0.3) is 5.91 Å². The fraction of sp³-hybridized carbons (Fsp3) is 0.312. The summed E-state index contributed by atoms with van der Waals surface area (Å²) in [5, 5.41) is 2.85. The maximum Gasteiger partial charge on any atom is 0.270 e. The van der Waals surface area contributed by atoms with E-state index >= 15 is 0 Å². The van der Waals surface area contributed by atoms with Crippen molar-refractivity contribution in [1.29, 1.82) is 0 Å². The molecule has 0 saturated heterocycles. The molecule has 1 N–H and O–H groups in total. The van der Waals surface area contributed by atoms with Crippen LogP contribution in [0.2, 0.25) is 0 Å². The smallest absolute Gasteiger partial charge is 0.270 e. The Balaban J connectivity index is 2.02. The fourth-order valence-electron chi connectivity index (χ4n) is 1.68. The van der Waals surface area contributed by atoms with Crippen molar-refractivity contribution in [1.82, 2.24) is 15.3 Å². The van der Waals surface area contributed by atoms with Crippen molar-refractivity contribution in [2.75, 3.05) is 0 Å². The molecule has 21 heavy (non-hydrogen) atoms. The highest BCUT2D eigenvalue weighted by atomic mass is 16.5. The normalized spacial score (nSPS) is 11.0. The molecule has 1 aromatic heterocycles. The fourth-order valence-corrected chi connectivity index (χ4v) is 1.68. The van der Waals surface area contributed by atoms with Crippen molar-refractivity contribution in [2.45, 2.75) is 32.9 Å². The molecule has 0 atom stereocenters. The van der Waals surface area contributed by atoms with Gasteiger partial charge in [0.2, 0.25) is 5.88 Å². The number of rotatable bonds is 4. The minimum absolute atomic E-state index is 0.241. The Morgan fingerprint density at radius 3 is 2.57 bits per heavy atom. The Morgan fingerprint density at radius 1 is 1.19 bits per heavy atom. The van der Waals surface area contributed by atoms with Gasteiger partial charge in [0, 0.05) is 11.6 Å². The lowest BCUT2D eigenvalue weighted by molar-refractivity contribution is 0.0913. The second-order valence-corrected chi connectivity index (χ2v) is 5.72. The van der Waals surface area contributed by atoms with Gasteiger partial charge in [-0.2, -0.15) is 0 Å². The predicted molar refractivity (Wildman–Crippen MR) is 80.0 cm³/mol. The van der Waals surface area contributed by atoms with Crippen LogP contribution >= 0.6 is 0 Å². The molecule has 5 heteroatoms. The van der Waals surface area contributed by atoms with Gasteiger partial charge in [0.05, 0.1) is 0 Å². The summed E-state index contributed by atoms with van der Waals surface area (Å²) in [4.78, 5) is 20.0. The van der Waals surface area contributed by atoms with Gasteiger partial charge < -0.3 is 10.1 Å².